The van der Waals surface area contributed by atoms with Crippen LogP contribution in [-0.4, -0.2) is 4.92 Å². The summed E-state index contributed by atoms with van der Waals surface area (Å²) in [7, 11) is 0. The monoisotopic (exact) mass is 225 g/mol. The minimum atomic E-state index is -0.279. The van der Waals surface area contributed by atoms with E-state index in [2.05, 4.69) is 0 Å². The standard InChI is InChI=1S/C11H15NO2S/c1-8(2)6-10(12(13)14)7-11-9(3)4-5-15-11/h4-5,7-8H,6H2,1-3H3. The molecule has 82 valence electrons. The Morgan fingerprint density at radius 2 is 2.33 bits per heavy atom. The largest absolute Gasteiger partial charge is 0.259 e. The lowest BCUT2D eigenvalue weighted by Gasteiger charge is -2.01. The van der Waals surface area contributed by atoms with E-state index in [9.17, 15) is 10.1 Å². The van der Waals surface area contributed by atoms with Crippen LogP contribution in [0.1, 0.15) is 30.7 Å². The molecule has 0 aliphatic rings. The predicted molar refractivity (Wildman–Crippen MR) is 63.5 cm³/mol. The third-order valence-electron chi connectivity index (χ3n) is 2.05. The fourth-order valence-corrected chi connectivity index (χ4v) is 2.16. The van der Waals surface area contributed by atoms with Crippen molar-refractivity contribution in [2.75, 3.05) is 0 Å². The molecule has 1 aromatic rings. The zero-order valence-corrected chi connectivity index (χ0v) is 10.0. The van der Waals surface area contributed by atoms with Crippen molar-refractivity contribution in [3.63, 3.8) is 0 Å². The molecule has 0 bridgehead atoms. The molecule has 0 unspecified atom stereocenters. The van der Waals surface area contributed by atoms with Crippen molar-refractivity contribution in [3.05, 3.63) is 37.7 Å². The lowest BCUT2D eigenvalue weighted by Crippen LogP contribution is -2.02. The topological polar surface area (TPSA) is 43.1 Å². The number of thiophene rings is 1. The summed E-state index contributed by atoms with van der Waals surface area (Å²) in [4.78, 5) is 11.5. The Kier molecular flexibility index (Phi) is 4.03. The zero-order chi connectivity index (χ0) is 11.4. The molecule has 4 heteroatoms. The first-order chi connectivity index (χ1) is 7.00. The lowest BCUT2D eigenvalue weighted by molar-refractivity contribution is -0.427. The number of hydrogen-bond acceptors (Lipinski definition) is 3. The van der Waals surface area contributed by atoms with Crippen LogP contribution in [0.15, 0.2) is 17.1 Å². The van der Waals surface area contributed by atoms with Gasteiger partial charge in [-0.15, -0.1) is 11.3 Å². The Balaban J connectivity index is 2.94. The van der Waals surface area contributed by atoms with E-state index in [-0.39, 0.29) is 4.92 Å². The second-order valence-electron chi connectivity index (χ2n) is 3.96. The highest BCUT2D eigenvalue weighted by molar-refractivity contribution is 7.11. The van der Waals surface area contributed by atoms with Crippen molar-refractivity contribution in [3.8, 4) is 0 Å². The predicted octanol–water partition coefficient (Wildman–Crippen LogP) is 3.72. The van der Waals surface area contributed by atoms with Crippen molar-refractivity contribution >= 4 is 17.4 Å². The molecule has 1 aromatic heterocycles. The van der Waals surface area contributed by atoms with Gasteiger partial charge in [-0.2, -0.15) is 0 Å². The molecule has 0 saturated carbocycles. The molecule has 0 aromatic carbocycles. The first-order valence-corrected chi connectivity index (χ1v) is 5.77. The van der Waals surface area contributed by atoms with Gasteiger partial charge in [-0.3, -0.25) is 10.1 Å². The third kappa shape index (κ3) is 3.47. The van der Waals surface area contributed by atoms with E-state index in [1.165, 1.54) is 0 Å². The van der Waals surface area contributed by atoms with Crippen molar-refractivity contribution in [2.45, 2.75) is 27.2 Å². The molecule has 0 amide bonds. The van der Waals surface area contributed by atoms with Crippen LogP contribution in [0, 0.1) is 23.0 Å². The van der Waals surface area contributed by atoms with Crippen LogP contribution >= 0.6 is 11.3 Å². The van der Waals surface area contributed by atoms with Gasteiger partial charge in [-0.25, -0.2) is 0 Å². The summed E-state index contributed by atoms with van der Waals surface area (Å²) in [5.74, 6) is 0.307. The van der Waals surface area contributed by atoms with Gasteiger partial charge in [0.05, 0.1) is 4.92 Å². The number of rotatable bonds is 4. The number of nitrogens with zero attached hydrogens (tertiary/aromatic N) is 1. The average molecular weight is 225 g/mol. The molecular weight excluding hydrogens is 210 g/mol. The minimum Gasteiger partial charge on any atom is -0.259 e. The zero-order valence-electron chi connectivity index (χ0n) is 9.19. The highest BCUT2D eigenvalue weighted by Crippen LogP contribution is 2.22. The Morgan fingerprint density at radius 3 is 2.73 bits per heavy atom. The van der Waals surface area contributed by atoms with Crippen LogP contribution < -0.4 is 0 Å². The summed E-state index contributed by atoms with van der Waals surface area (Å²) in [5.41, 5.74) is 1.40. The maximum absolute atomic E-state index is 10.8. The van der Waals surface area contributed by atoms with Crippen LogP contribution in [0.2, 0.25) is 0 Å². The Morgan fingerprint density at radius 1 is 1.67 bits per heavy atom. The van der Waals surface area contributed by atoms with Crippen LogP contribution in [0.5, 0.6) is 0 Å². The van der Waals surface area contributed by atoms with Gasteiger partial charge < -0.3 is 0 Å². The van der Waals surface area contributed by atoms with Gasteiger partial charge in [0.15, 0.2) is 0 Å². The van der Waals surface area contributed by atoms with E-state index in [1.54, 1.807) is 17.4 Å². The minimum absolute atomic E-state index is 0.279. The molecule has 0 radical (unpaired) electrons. The maximum atomic E-state index is 10.8. The third-order valence-corrected chi connectivity index (χ3v) is 3.02. The molecule has 0 N–H and O–H groups in total. The molecule has 1 rings (SSSR count). The smallest absolute Gasteiger partial charge is 0.247 e. The first-order valence-electron chi connectivity index (χ1n) is 4.89. The van der Waals surface area contributed by atoms with E-state index >= 15 is 0 Å². The number of nitro groups is 1. The van der Waals surface area contributed by atoms with Crippen LogP contribution in [-0.2, 0) is 0 Å². The van der Waals surface area contributed by atoms with E-state index in [0.717, 1.165) is 10.4 Å². The number of aryl methyl sites for hydroxylation is 1. The van der Waals surface area contributed by atoms with E-state index < -0.39 is 0 Å². The summed E-state index contributed by atoms with van der Waals surface area (Å²) in [6, 6.07) is 1.98. The Bertz CT molecular complexity index is 380. The molecule has 15 heavy (non-hydrogen) atoms. The second-order valence-corrected chi connectivity index (χ2v) is 4.91. The van der Waals surface area contributed by atoms with E-state index in [1.807, 2.05) is 32.2 Å². The van der Waals surface area contributed by atoms with Crippen LogP contribution in [0.3, 0.4) is 0 Å². The van der Waals surface area contributed by atoms with Crippen molar-refractivity contribution < 1.29 is 4.92 Å². The summed E-state index contributed by atoms with van der Waals surface area (Å²) < 4.78 is 0. The average Bonchev–Trinajstić information content (AvgIpc) is 2.50. The van der Waals surface area contributed by atoms with Crippen LogP contribution in [0.25, 0.3) is 6.08 Å². The highest BCUT2D eigenvalue weighted by Gasteiger charge is 2.13. The molecule has 0 spiro atoms. The fourth-order valence-electron chi connectivity index (χ4n) is 1.29. The summed E-state index contributed by atoms with van der Waals surface area (Å²) in [5, 5.41) is 12.8. The van der Waals surface area contributed by atoms with E-state index in [4.69, 9.17) is 0 Å². The molecule has 0 aliphatic heterocycles. The number of allylic oxidation sites excluding steroid dienone is 1. The SMILES string of the molecule is Cc1ccsc1C=C(CC(C)C)[N+](=O)[O-]. The quantitative estimate of drug-likeness (QED) is 0.579. The Labute approximate surface area is 93.6 Å². The van der Waals surface area contributed by atoms with Crippen LogP contribution in [0.4, 0.5) is 0 Å². The van der Waals surface area contributed by atoms with Gasteiger partial charge >= 0.3 is 0 Å². The van der Waals surface area contributed by atoms with Crippen molar-refractivity contribution in [1.29, 1.82) is 0 Å². The van der Waals surface area contributed by atoms with Crippen molar-refractivity contribution in [2.24, 2.45) is 5.92 Å². The molecule has 0 saturated heterocycles. The van der Waals surface area contributed by atoms with Gasteiger partial charge in [0.2, 0.25) is 5.70 Å². The molecule has 3 nitrogen and oxygen atoms in total. The highest BCUT2D eigenvalue weighted by atomic mass is 32.1. The summed E-state index contributed by atoms with van der Waals surface area (Å²) in [6.45, 7) is 5.94. The van der Waals surface area contributed by atoms with Gasteiger partial charge in [0.25, 0.3) is 0 Å². The van der Waals surface area contributed by atoms with Crippen molar-refractivity contribution in [1.82, 2.24) is 0 Å². The first kappa shape index (κ1) is 11.9. The Hall–Kier alpha value is -1.16. The lowest BCUT2D eigenvalue weighted by atomic mass is 10.1. The van der Waals surface area contributed by atoms with Gasteiger partial charge in [-0.1, -0.05) is 13.8 Å². The molecular formula is C11H15NO2S. The second kappa shape index (κ2) is 5.07. The summed E-state index contributed by atoms with van der Waals surface area (Å²) >= 11 is 1.54. The molecule has 1 heterocycles. The molecule has 0 atom stereocenters. The fraction of sp³-hybridized carbons (Fsp3) is 0.455. The number of hydrogen-bond donors (Lipinski definition) is 0. The van der Waals surface area contributed by atoms with Gasteiger partial charge in [0.1, 0.15) is 0 Å². The normalized spacial score (nSPS) is 12.1. The maximum Gasteiger partial charge on any atom is 0.247 e. The van der Waals surface area contributed by atoms with Gasteiger partial charge in [0, 0.05) is 17.4 Å². The molecule has 0 aliphatic carbocycles. The van der Waals surface area contributed by atoms with E-state index in [0.29, 0.717) is 18.0 Å². The summed E-state index contributed by atoms with van der Waals surface area (Å²) in [6.07, 6.45) is 2.21. The molecule has 0 fully saturated rings. The van der Waals surface area contributed by atoms with Gasteiger partial charge in [-0.05, 0) is 29.9 Å².